The van der Waals surface area contributed by atoms with Crippen molar-refractivity contribution in [1.82, 2.24) is 5.16 Å². The zero-order valence-electron chi connectivity index (χ0n) is 13.8. The van der Waals surface area contributed by atoms with Crippen LogP contribution in [-0.4, -0.2) is 19.8 Å². The second-order valence-corrected chi connectivity index (χ2v) is 8.16. The summed E-state index contributed by atoms with van der Waals surface area (Å²) in [4.78, 5) is 0.317. The van der Waals surface area contributed by atoms with Gasteiger partial charge in [0.05, 0.1) is 11.4 Å². The molecule has 1 N–H and O–H groups in total. The van der Waals surface area contributed by atoms with E-state index in [0.717, 1.165) is 16.9 Å². The number of anilines is 1. The van der Waals surface area contributed by atoms with Crippen molar-refractivity contribution in [3.05, 3.63) is 64.9 Å². The zero-order valence-corrected chi connectivity index (χ0v) is 15.4. The Hall–Kier alpha value is -2.31. The number of hydrogen-bond acceptors (Lipinski definition) is 5. The Balaban J connectivity index is 1.76. The minimum atomic E-state index is -3.26. The van der Waals surface area contributed by atoms with E-state index in [2.05, 4.69) is 10.5 Å². The molecule has 0 saturated heterocycles. The van der Waals surface area contributed by atoms with E-state index < -0.39 is 9.84 Å². The van der Waals surface area contributed by atoms with Crippen molar-refractivity contribution in [3.63, 3.8) is 0 Å². The van der Waals surface area contributed by atoms with Gasteiger partial charge in [0.2, 0.25) is 0 Å². The average molecular weight is 377 g/mol. The summed E-state index contributed by atoms with van der Waals surface area (Å²) < 4.78 is 28.9. The number of hydrogen-bond donors (Lipinski definition) is 1. The molecule has 0 bridgehead atoms. The lowest BCUT2D eigenvalue weighted by molar-refractivity contribution is 0.390. The molecule has 3 rings (SSSR count). The highest BCUT2D eigenvalue weighted by Gasteiger charge is 2.13. The number of sulfone groups is 1. The molecule has 0 unspecified atom stereocenters. The number of nitrogens with zero attached hydrogens (tertiary/aromatic N) is 1. The molecular weight excluding hydrogens is 360 g/mol. The lowest BCUT2D eigenvalue weighted by Gasteiger charge is -2.11. The summed E-state index contributed by atoms with van der Waals surface area (Å²) in [6.45, 7) is 2.17. The van der Waals surface area contributed by atoms with Crippen LogP contribution in [0.15, 0.2) is 57.9 Å². The van der Waals surface area contributed by atoms with Crippen LogP contribution in [0.3, 0.4) is 0 Å². The SMILES string of the molecule is Cc1c(NCc2cc(-c3ccc(Cl)cc3)no2)cccc1S(C)(=O)=O. The van der Waals surface area contributed by atoms with Crippen molar-refractivity contribution in [2.45, 2.75) is 18.4 Å². The number of rotatable bonds is 5. The molecule has 0 fully saturated rings. The van der Waals surface area contributed by atoms with E-state index in [1.165, 1.54) is 6.26 Å². The van der Waals surface area contributed by atoms with Crippen LogP contribution in [0.5, 0.6) is 0 Å². The fourth-order valence-electron chi connectivity index (χ4n) is 2.54. The molecule has 0 atom stereocenters. The van der Waals surface area contributed by atoms with E-state index in [0.29, 0.717) is 27.8 Å². The van der Waals surface area contributed by atoms with Crippen LogP contribution in [0.4, 0.5) is 5.69 Å². The standard InChI is InChI=1S/C18H17ClN2O3S/c1-12-16(4-3-5-18(12)25(2,22)23)20-11-15-10-17(21-24-15)13-6-8-14(19)9-7-13/h3-10,20H,11H2,1-2H3. The third-order valence-electron chi connectivity index (χ3n) is 3.84. The molecule has 0 amide bonds. The van der Waals surface area contributed by atoms with Gasteiger partial charge in [-0.2, -0.15) is 0 Å². The van der Waals surface area contributed by atoms with E-state index in [1.54, 1.807) is 31.2 Å². The molecule has 0 aliphatic carbocycles. The number of benzene rings is 2. The van der Waals surface area contributed by atoms with Crippen molar-refractivity contribution in [1.29, 1.82) is 0 Å². The molecule has 0 aliphatic heterocycles. The largest absolute Gasteiger partial charge is 0.377 e. The Morgan fingerprint density at radius 1 is 1.16 bits per heavy atom. The summed E-state index contributed by atoms with van der Waals surface area (Å²) in [5.41, 5.74) is 3.06. The van der Waals surface area contributed by atoms with Crippen molar-refractivity contribution in [2.75, 3.05) is 11.6 Å². The fourth-order valence-corrected chi connectivity index (χ4v) is 3.66. The minimum absolute atomic E-state index is 0.317. The van der Waals surface area contributed by atoms with Gasteiger partial charge in [0.25, 0.3) is 0 Å². The van der Waals surface area contributed by atoms with Crippen LogP contribution in [0.1, 0.15) is 11.3 Å². The van der Waals surface area contributed by atoms with Crippen LogP contribution in [0.25, 0.3) is 11.3 Å². The van der Waals surface area contributed by atoms with Gasteiger partial charge in [0.15, 0.2) is 15.6 Å². The molecule has 0 radical (unpaired) electrons. The van der Waals surface area contributed by atoms with Crippen LogP contribution in [0.2, 0.25) is 5.02 Å². The molecule has 0 saturated carbocycles. The van der Waals surface area contributed by atoms with Crippen molar-refractivity contribution >= 4 is 27.1 Å². The van der Waals surface area contributed by atoms with Crippen molar-refractivity contribution in [3.8, 4) is 11.3 Å². The Kier molecular flexibility index (Phi) is 4.83. The van der Waals surface area contributed by atoms with Gasteiger partial charge in [-0.15, -0.1) is 0 Å². The normalized spacial score (nSPS) is 11.5. The van der Waals surface area contributed by atoms with Gasteiger partial charge in [0.1, 0.15) is 5.69 Å². The molecule has 1 aromatic heterocycles. The minimum Gasteiger partial charge on any atom is -0.377 e. The topological polar surface area (TPSA) is 72.2 Å². The highest BCUT2D eigenvalue weighted by Crippen LogP contribution is 2.25. The lowest BCUT2D eigenvalue weighted by atomic mass is 10.1. The monoisotopic (exact) mass is 376 g/mol. The molecule has 3 aromatic rings. The summed E-state index contributed by atoms with van der Waals surface area (Å²) >= 11 is 5.88. The molecule has 2 aromatic carbocycles. The smallest absolute Gasteiger partial charge is 0.175 e. The van der Waals surface area contributed by atoms with Gasteiger partial charge in [-0.1, -0.05) is 35.0 Å². The zero-order chi connectivity index (χ0) is 18.0. The van der Waals surface area contributed by atoms with Gasteiger partial charge < -0.3 is 9.84 Å². The maximum Gasteiger partial charge on any atom is 0.175 e. The van der Waals surface area contributed by atoms with Crippen LogP contribution >= 0.6 is 11.6 Å². The second kappa shape index (κ2) is 6.90. The van der Waals surface area contributed by atoms with E-state index in [-0.39, 0.29) is 0 Å². The van der Waals surface area contributed by atoms with Crippen molar-refractivity contribution < 1.29 is 12.9 Å². The number of halogens is 1. The lowest BCUT2D eigenvalue weighted by Crippen LogP contribution is -2.05. The predicted octanol–water partition coefficient (Wildman–Crippen LogP) is 4.32. The predicted molar refractivity (Wildman–Crippen MR) is 98.6 cm³/mol. The van der Waals surface area contributed by atoms with Crippen LogP contribution < -0.4 is 5.32 Å². The van der Waals surface area contributed by atoms with E-state index in [9.17, 15) is 8.42 Å². The number of aromatic nitrogens is 1. The van der Waals surface area contributed by atoms with Gasteiger partial charge in [-0.05, 0) is 36.8 Å². The molecule has 0 spiro atoms. The Morgan fingerprint density at radius 2 is 1.88 bits per heavy atom. The Morgan fingerprint density at radius 3 is 2.56 bits per heavy atom. The second-order valence-electron chi connectivity index (χ2n) is 5.74. The van der Waals surface area contributed by atoms with Crippen LogP contribution in [-0.2, 0) is 16.4 Å². The van der Waals surface area contributed by atoms with Crippen LogP contribution in [0, 0.1) is 6.92 Å². The summed E-state index contributed by atoms with van der Waals surface area (Å²) in [5.74, 6) is 0.647. The first-order valence-corrected chi connectivity index (χ1v) is 9.86. The van der Waals surface area contributed by atoms with Gasteiger partial charge in [-0.3, -0.25) is 0 Å². The Bertz CT molecular complexity index is 995. The summed E-state index contributed by atoms with van der Waals surface area (Å²) in [5, 5.41) is 7.91. The van der Waals surface area contributed by atoms with Crippen molar-refractivity contribution in [2.24, 2.45) is 0 Å². The van der Waals surface area contributed by atoms with Gasteiger partial charge in [-0.25, -0.2) is 8.42 Å². The molecule has 130 valence electrons. The molecule has 5 nitrogen and oxygen atoms in total. The quantitative estimate of drug-likeness (QED) is 0.718. The summed E-state index contributed by atoms with van der Waals surface area (Å²) in [6.07, 6.45) is 1.20. The van der Waals surface area contributed by atoms with E-state index >= 15 is 0 Å². The highest BCUT2D eigenvalue weighted by atomic mass is 35.5. The molecule has 0 aliphatic rings. The first-order chi connectivity index (χ1) is 11.8. The third-order valence-corrected chi connectivity index (χ3v) is 5.33. The maximum atomic E-state index is 11.8. The Labute approximate surface area is 151 Å². The first kappa shape index (κ1) is 17.5. The molecular formula is C18H17ClN2O3S. The highest BCUT2D eigenvalue weighted by molar-refractivity contribution is 7.90. The maximum absolute atomic E-state index is 11.8. The first-order valence-electron chi connectivity index (χ1n) is 7.59. The summed E-state index contributed by atoms with van der Waals surface area (Å²) in [7, 11) is -3.26. The molecule has 25 heavy (non-hydrogen) atoms. The van der Waals surface area contributed by atoms with E-state index in [4.69, 9.17) is 16.1 Å². The average Bonchev–Trinajstić information content (AvgIpc) is 3.02. The number of nitrogens with one attached hydrogen (secondary N) is 1. The van der Waals surface area contributed by atoms with Gasteiger partial charge >= 0.3 is 0 Å². The third kappa shape index (κ3) is 4.03. The molecule has 1 heterocycles. The van der Waals surface area contributed by atoms with Gasteiger partial charge in [0, 0.05) is 28.6 Å². The molecule has 7 heteroatoms. The van der Waals surface area contributed by atoms with E-state index in [1.807, 2.05) is 24.3 Å². The summed E-state index contributed by atoms with van der Waals surface area (Å²) in [6, 6.07) is 14.3. The fraction of sp³-hybridized carbons (Fsp3) is 0.167.